The fraction of sp³-hybridized carbons (Fsp3) is 0.643. The molecule has 1 aromatic rings. The standard InChI is InChI=1S/C14H22N2O2S/c1-10-8-19-9-11(10)12-7-16(6-5-15-12)13(17)18-14(2,3)4/h8-9,12,15H,5-7H2,1-4H3. The highest BCUT2D eigenvalue weighted by Crippen LogP contribution is 2.24. The van der Waals surface area contributed by atoms with E-state index in [-0.39, 0.29) is 12.1 Å². The molecular formula is C14H22N2O2S. The van der Waals surface area contributed by atoms with Gasteiger partial charge in [-0.1, -0.05) is 0 Å². The van der Waals surface area contributed by atoms with Gasteiger partial charge in [-0.05, 0) is 49.6 Å². The van der Waals surface area contributed by atoms with Gasteiger partial charge >= 0.3 is 6.09 Å². The van der Waals surface area contributed by atoms with Gasteiger partial charge in [-0.15, -0.1) is 0 Å². The molecule has 1 aliphatic heterocycles. The highest BCUT2D eigenvalue weighted by Gasteiger charge is 2.28. The minimum atomic E-state index is -0.435. The molecule has 0 aromatic carbocycles. The van der Waals surface area contributed by atoms with Gasteiger partial charge in [0, 0.05) is 19.6 Å². The van der Waals surface area contributed by atoms with E-state index in [0.29, 0.717) is 13.1 Å². The Morgan fingerprint density at radius 2 is 2.21 bits per heavy atom. The molecule has 2 heterocycles. The normalized spacial score (nSPS) is 20.4. The zero-order valence-corrected chi connectivity index (χ0v) is 12.8. The molecule has 1 unspecified atom stereocenters. The quantitative estimate of drug-likeness (QED) is 0.861. The first kappa shape index (κ1) is 14.3. The lowest BCUT2D eigenvalue weighted by molar-refractivity contribution is 0.0195. The summed E-state index contributed by atoms with van der Waals surface area (Å²) in [5.74, 6) is 0. The first-order valence-electron chi connectivity index (χ1n) is 6.61. The van der Waals surface area contributed by atoms with Crippen molar-refractivity contribution in [2.75, 3.05) is 19.6 Å². The number of ether oxygens (including phenoxy) is 1. The van der Waals surface area contributed by atoms with Crippen molar-refractivity contribution >= 4 is 17.4 Å². The summed E-state index contributed by atoms with van der Waals surface area (Å²) in [5, 5.41) is 7.77. The number of nitrogens with one attached hydrogen (secondary N) is 1. The van der Waals surface area contributed by atoms with E-state index in [0.717, 1.165) is 6.54 Å². The third kappa shape index (κ3) is 3.70. The molecule has 1 saturated heterocycles. The van der Waals surface area contributed by atoms with Crippen LogP contribution in [0.25, 0.3) is 0 Å². The van der Waals surface area contributed by atoms with E-state index in [9.17, 15) is 4.79 Å². The summed E-state index contributed by atoms with van der Waals surface area (Å²) in [4.78, 5) is 13.9. The summed E-state index contributed by atoms with van der Waals surface area (Å²) in [6.45, 7) is 9.98. The second kappa shape index (κ2) is 5.51. The summed E-state index contributed by atoms with van der Waals surface area (Å²) in [5.41, 5.74) is 2.14. The first-order valence-corrected chi connectivity index (χ1v) is 7.55. The number of aryl methyl sites for hydroxylation is 1. The molecule has 2 rings (SSSR count). The van der Waals surface area contributed by atoms with Gasteiger partial charge in [0.1, 0.15) is 5.60 Å². The van der Waals surface area contributed by atoms with Gasteiger partial charge in [-0.3, -0.25) is 0 Å². The third-order valence-electron chi connectivity index (χ3n) is 3.10. The van der Waals surface area contributed by atoms with Crippen LogP contribution in [0.2, 0.25) is 0 Å². The van der Waals surface area contributed by atoms with Crippen LogP contribution in [0, 0.1) is 6.92 Å². The molecule has 1 amide bonds. The van der Waals surface area contributed by atoms with Crippen LogP contribution in [-0.4, -0.2) is 36.2 Å². The molecule has 0 saturated carbocycles. The van der Waals surface area contributed by atoms with Crippen molar-refractivity contribution in [2.24, 2.45) is 0 Å². The summed E-state index contributed by atoms with van der Waals surface area (Å²) >= 11 is 1.70. The molecule has 1 N–H and O–H groups in total. The molecule has 0 radical (unpaired) electrons. The van der Waals surface area contributed by atoms with E-state index in [1.165, 1.54) is 11.1 Å². The number of amides is 1. The van der Waals surface area contributed by atoms with Crippen LogP contribution in [0.5, 0.6) is 0 Å². The van der Waals surface area contributed by atoms with Gasteiger partial charge in [0.05, 0.1) is 6.04 Å². The minimum absolute atomic E-state index is 0.215. The SMILES string of the molecule is Cc1cscc1C1CN(C(=O)OC(C)(C)C)CCN1. The number of piperazine rings is 1. The maximum atomic E-state index is 12.1. The lowest BCUT2D eigenvalue weighted by Crippen LogP contribution is -2.49. The van der Waals surface area contributed by atoms with E-state index < -0.39 is 5.60 Å². The molecule has 0 bridgehead atoms. The fourth-order valence-electron chi connectivity index (χ4n) is 2.18. The van der Waals surface area contributed by atoms with Gasteiger partial charge in [-0.2, -0.15) is 11.3 Å². The molecule has 0 spiro atoms. The van der Waals surface area contributed by atoms with Gasteiger partial charge in [-0.25, -0.2) is 4.79 Å². The number of rotatable bonds is 1. The number of hydrogen-bond acceptors (Lipinski definition) is 4. The Hall–Kier alpha value is -1.07. The smallest absolute Gasteiger partial charge is 0.410 e. The van der Waals surface area contributed by atoms with E-state index in [4.69, 9.17) is 4.74 Å². The monoisotopic (exact) mass is 282 g/mol. The predicted octanol–water partition coefficient (Wildman–Crippen LogP) is 2.94. The highest BCUT2D eigenvalue weighted by molar-refractivity contribution is 7.08. The fourth-order valence-corrected chi connectivity index (χ4v) is 3.08. The average Bonchev–Trinajstić information content (AvgIpc) is 2.73. The van der Waals surface area contributed by atoms with Crippen LogP contribution in [0.15, 0.2) is 10.8 Å². The second-order valence-corrected chi connectivity index (χ2v) is 6.69. The van der Waals surface area contributed by atoms with Crippen molar-refractivity contribution in [3.8, 4) is 0 Å². The Balaban J connectivity index is 2.01. The number of carbonyl (C=O) groups excluding carboxylic acids is 1. The first-order chi connectivity index (χ1) is 8.87. The van der Waals surface area contributed by atoms with Gasteiger partial charge in [0.2, 0.25) is 0 Å². The Bertz CT molecular complexity index is 451. The van der Waals surface area contributed by atoms with Gasteiger partial charge in [0.25, 0.3) is 0 Å². The maximum Gasteiger partial charge on any atom is 0.410 e. The van der Waals surface area contributed by atoms with Crippen LogP contribution in [0.1, 0.15) is 37.9 Å². The highest BCUT2D eigenvalue weighted by atomic mass is 32.1. The number of thiophene rings is 1. The molecule has 1 aromatic heterocycles. The van der Waals surface area contributed by atoms with Crippen LogP contribution < -0.4 is 5.32 Å². The molecule has 4 nitrogen and oxygen atoms in total. The Morgan fingerprint density at radius 1 is 1.47 bits per heavy atom. The van der Waals surface area contributed by atoms with Gasteiger partial charge < -0.3 is 15.0 Å². The third-order valence-corrected chi connectivity index (χ3v) is 3.98. The predicted molar refractivity (Wildman–Crippen MR) is 77.6 cm³/mol. The summed E-state index contributed by atoms with van der Waals surface area (Å²) < 4.78 is 5.43. The molecule has 19 heavy (non-hydrogen) atoms. The molecule has 5 heteroatoms. The second-order valence-electron chi connectivity index (χ2n) is 5.94. The Morgan fingerprint density at radius 3 is 2.79 bits per heavy atom. The lowest BCUT2D eigenvalue weighted by Gasteiger charge is -2.35. The van der Waals surface area contributed by atoms with E-state index in [1.54, 1.807) is 16.2 Å². The summed E-state index contributed by atoms with van der Waals surface area (Å²) in [6, 6.07) is 0.215. The molecule has 1 aliphatic rings. The largest absolute Gasteiger partial charge is 0.444 e. The van der Waals surface area contributed by atoms with Crippen molar-refractivity contribution in [1.82, 2.24) is 10.2 Å². The maximum absolute atomic E-state index is 12.1. The van der Waals surface area contributed by atoms with Crippen molar-refractivity contribution in [3.05, 3.63) is 21.9 Å². The molecule has 1 fully saturated rings. The van der Waals surface area contributed by atoms with Crippen LogP contribution in [0.4, 0.5) is 4.79 Å². The van der Waals surface area contributed by atoms with Crippen molar-refractivity contribution in [3.63, 3.8) is 0 Å². The lowest BCUT2D eigenvalue weighted by atomic mass is 10.0. The number of hydrogen-bond donors (Lipinski definition) is 1. The van der Waals surface area contributed by atoms with E-state index in [1.807, 2.05) is 20.8 Å². The van der Waals surface area contributed by atoms with Crippen LogP contribution in [0.3, 0.4) is 0 Å². The van der Waals surface area contributed by atoms with E-state index in [2.05, 4.69) is 23.0 Å². The molecule has 0 aliphatic carbocycles. The van der Waals surface area contributed by atoms with Crippen molar-refractivity contribution < 1.29 is 9.53 Å². The van der Waals surface area contributed by atoms with Crippen molar-refractivity contribution in [1.29, 1.82) is 0 Å². The summed E-state index contributed by atoms with van der Waals surface area (Å²) in [6.07, 6.45) is -0.216. The Kier molecular flexibility index (Phi) is 4.16. The van der Waals surface area contributed by atoms with Crippen molar-refractivity contribution in [2.45, 2.75) is 39.3 Å². The van der Waals surface area contributed by atoms with E-state index >= 15 is 0 Å². The molecule has 106 valence electrons. The zero-order chi connectivity index (χ0) is 14.0. The molecule has 1 atom stereocenters. The minimum Gasteiger partial charge on any atom is -0.444 e. The van der Waals surface area contributed by atoms with Crippen LogP contribution in [-0.2, 0) is 4.74 Å². The Labute approximate surface area is 118 Å². The summed E-state index contributed by atoms with van der Waals surface area (Å²) in [7, 11) is 0. The van der Waals surface area contributed by atoms with Crippen LogP contribution >= 0.6 is 11.3 Å². The van der Waals surface area contributed by atoms with Gasteiger partial charge in [0.15, 0.2) is 0 Å². The average molecular weight is 282 g/mol. The number of nitrogens with zero attached hydrogens (tertiary/aromatic N) is 1. The number of carbonyl (C=O) groups is 1. The zero-order valence-electron chi connectivity index (χ0n) is 12.0. The topological polar surface area (TPSA) is 41.6 Å². The molecular weight excluding hydrogens is 260 g/mol.